The first kappa shape index (κ1) is 28.1. The third kappa shape index (κ3) is 7.37. The van der Waals surface area contributed by atoms with Gasteiger partial charge in [-0.3, -0.25) is 19.7 Å². The summed E-state index contributed by atoms with van der Waals surface area (Å²) in [5.41, 5.74) is 3.78. The number of carbonyl (C=O) groups is 3. The van der Waals surface area contributed by atoms with E-state index >= 15 is 0 Å². The molecule has 40 heavy (non-hydrogen) atoms. The van der Waals surface area contributed by atoms with Gasteiger partial charge in [0.15, 0.2) is 0 Å². The molecule has 0 bridgehead atoms. The van der Waals surface area contributed by atoms with Crippen LogP contribution in [0.4, 0.5) is 11.4 Å². The van der Waals surface area contributed by atoms with E-state index in [9.17, 15) is 24.5 Å². The Hall–Kier alpha value is -4.87. The topological polar surface area (TPSA) is 140 Å². The summed E-state index contributed by atoms with van der Waals surface area (Å²) in [5.74, 6) is -1.49. The molecular formula is C28H18BrClN4O6. The molecule has 0 atom stereocenters. The van der Waals surface area contributed by atoms with Crippen molar-refractivity contribution in [2.75, 3.05) is 5.32 Å². The predicted molar refractivity (Wildman–Crippen MR) is 153 cm³/mol. The molecule has 0 spiro atoms. The lowest BCUT2D eigenvalue weighted by molar-refractivity contribution is -0.384. The quantitative estimate of drug-likeness (QED) is 0.0784. The minimum Gasteiger partial charge on any atom is -0.422 e. The summed E-state index contributed by atoms with van der Waals surface area (Å²) in [5, 5.41) is 18.0. The van der Waals surface area contributed by atoms with Crippen LogP contribution in [-0.4, -0.2) is 28.9 Å². The maximum Gasteiger partial charge on any atom is 0.343 e. The summed E-state index contributed by atoms with van der Waals surface area (Å²) in [7, 11) is 0. The van der Waals surface area contributed by atoms with Crippen LogP contribution in [0.2, 0.25) is 5.02 Å². The number of hydrogen-bond acceptors (Lipinski definition) is 7. The number of carbonyl (C=O) groups excluding carboxylic acids is 3. The van der Waals surface area contributed by atoms with Gasteiger partial charge in [0.1, 0.15) is 5.75 Å². The zero-order valence-corrected chi connectivity index (χ0v) is 22.7. The molecular weight excluding hydrogens is 604 g/mol. The highest BCUT2D eigenvalue weighted by Crippen LogP contribution is 2.23. The molecule has 4 rings (SSSR count). The number of non-ortho nitro benzene ring substituents is 1. The van der Waals surface area contributed by atoms with Crippen LogP contribution in [0.5, 0.6) is 5.75 Å². The molecule has 0 aliphatic heterocycles. The highest BCUT2D eigenvalue weighted by atomic mass is 79.9. The number of anilines is 1. The van der Waals surface area contributed by atoms with Gasteiger partial charge in [-0.1, -0.05) is 33.6 Å². The summed E-state index contributed by atoms with van der Waals surface area (Å²) >= 11 is 9.20. The maximum absolute atomic E-state index is 12.7. The average molecular weight is 622 g/mol. The van der Waals surface area contributed by atoms with E-state index < -0.39 is 16.8 Å². The molecule has 2 N–H and O–H groups in total. The van der Waals surface area contributed by atoms with Crippen molar-refractivity contribution in [3.05, 3.63) is 133 Å². The van der Waals surface area contributed by atoms with Crippen molar-refractivity contribution in [1.82, 2.24) is 5.43 Å². The third-order valence-corrected chi connectivity index (χ3v) is 6.09. The van der Waals surface area contributed by atoms with Crippen molar-refractivity contribution in [1.29, 1.82) is 0 Å². The van der Waals surface area contributed by atoms with Crippen molar-refractivity contribution in [2.45, 2.75) is 0 Å². The Kier molecular flexibility index (Phi) is 9.00. The van der Waals surface area contributed by atoms with Gasteiger partial charge in [0.25, 0.3) is 17.5 Å². The molecule has 0 unspecified atom stereocenters. The summed E-state index contributed by atoms with van der Waals surface area (Å²) in [6.07, 6.45) is 1.30. The molecule has 0 aromatic heterocycles. The minimum absolute atomic E-state index is 0.118. The SMILES string of the molecule is O=C(NN=Cc1cc(Br)ccc1OC(=O)c1ccc([N+](=O)[O-])cc1)c1cccc(NC(=O)c2ccc(Cl)cc2)c1. The van der Waals surface area contributed by atoms with Gasteiger partial charge < -0.3 is 10.1 Å². The molecule has 12 heteroatoms. The number of ether oxygens (including phenoxy) is 1. The molecule has 0 fully saturated rings. The molecule has 4 aromatic rings. The van der Waals surface area contributed by atoms with Gasteiger partial charge in [0, 0.05) is 44.0 Å². The van der Waals surface area contributed by atoms with E-state index in [1.807, 2.05) is 0 Å². The number of nitrogens with zero attached hydrogens (tertiary/aromatic N) is 2. The van der Waals surface area contributed by atoms with E-state index in [2.05, 4.69) is 31.8 Å². The van der Waals surface area contributed by atoms with Gasteiger partial charge in [0.2, 0.25) is 0 Å². The van der Waals surface area contributed by atoms with E-state index in [0.717, 1.165) is 0 Å². The van der Waals surface area contributed by atoms with Crippen molar-refractivity contribution >= 4 is 62.9 Å². The largest absolute Gasteiger partial charge is 0.422 e. The van der Waals surface area contributed by atoms with E-state index in [1.54, 1.807) is 54.6 Å². The predicted octanol–water partition coefficient (Wildman–Crippen LogP) is 6.25. The summed E-state index contributed by atoms with van der Waals surface area (Å²) in [4.78, 5) is 48.0. The van der Waals surface area contributed by atoms with Crippen LogP contribution in [0, 0.1) is 10.1 Å². The van der Waals surface area contributed by atoms with E-state index in [1.165, 1.54) is 42.6 Å². The molecule has 0 radical (unpaired) electrons. The van der Waals surface area contributed by atoms with Crippen LogP contribution in [0.15, 0.2) is 101 Å². The van der Waals surface area contributed by atoms with Crippen molar-refractivity contribution in [2.24, 2.45) is 5.10 Å². The lowest BCUT2D eigenvalue weighted by atomic mass is 10.1. The number of benzene rings is 4. The Bertz CT molecular complexity index is 1630. The Morgan fingerprint density at radius 3 is 2.27 bits per heavy atom. The van der Waals surface area contributed by atoms with Crippen molar-refractivity contribution in [3.63, 3.8) is 0 Å². The van der Waals surface area contributed by atoms with Crippen LogP contribution in [-0.2, 0) is 0 Å². The fourth-order valence-corrected chi connectivity index (χ4v) is 3.86. The number of halogens is 2. The molecule has 0 aliphatic carbocycles. The molecule has 10 nitrogen and oxygen atoms in total. The van der Waals surface area contributed by atoms with E-state index in [4.69, 9.17) is 16.3 Å². The Morgan fingerprint density at radius 1 is 0.875 bits per heavy atom. The van der Waals surface area contributed by atoms with Crippen LogP contribution in [0.1, 0.15) is 36.6 Å². The highest BCUT2D eigenvalue weighted by Gasteiger charge is 2.14. The molecule has 0 aliphatic rings. The van der Waals surface area contributed by atoms with Crippen LogP contribution in [0.3, 0.4) is 0 Å². The first-order valence-electron chi connectivity index (χ1n) is 11.5. The molecule has 4 aromatic carbocycles. The summed E-state index contributed by atoms with van der Waals surface area (Å²) in [6.45, 7) is 0. The number of nitro benzene ring substituents is 1. The second kappa shape index (κ2) is 12.8. The number of nitro groups is 1. The van der Waals surface area contributed by atoms with Gasteiger partial charge in [-0.25, -0.2) is 10.2 Å². The van der Waals surface area contributed by atoms with Gasteiger partial charge in [0.05, 0.1) is 16.7 Å². The number of esters is 1. The third-order valence-electron chi connectivity index (χ3n) is 5.35. The van der Waals surface area contributed by atoms with Crippen molar-refractivity contribution < 1.29 is 24.0 Å². The van der Waals surface area contributed by atoms with E-state index in [0.29, 0.717) is 26.3 Å². The Labute approximate surface area is 240 Å². The number of hydrogen-bond donors (Lipinski definition) is 2. The molecule has 0 saturated carbocycles. The molecule has 200 valence electrons. The first-order valence-corrected chi connectivity index (χ1v) is 12.6. The number of hydrazone groups is 1. The smallest absolute Gasteiger partial charge is 0.343 e. The standard InChI is InChI=1S/C28H18BrClN4O6/c29-21-8-13-25(40-28(37)18-6-11-24(12-7-18)34(38)39)20(14-21)16-31-33-27(36)19-2-1-3-23(15-19)32-26(35)17-4-9-22(30)10-5-17/h1-16H,(H,32,35)(H,33,36). The van der Waals surface area contributed by atoms with Gasteiger partial charge in [-0.2, -0.15) is 5.10 Å². The first-order chi connectivity index (χ1) is 19.2. The number of amides is 2. The molecule has 0 saturated heterocycles. The highest BCUT2D eigenvalue weighted by molar-refractivity contribution is 9.10. The summed E-state index contributed by atoms with van der Waals surface area (Å²) in [6, 6.07) is 22.5. The minimum atomic E-state index is -0.728. The van der Waals surface area contributed by atoms with Crippen LogP contribution >= 0.6 is 27.5 Å². The second-order valence-electron chi connectivity index (χ2n) is 8.12. The fourth-order valence-electron chi connectivity index (χ4n) is 3.36. The lowest BCUT2D eigenvalue weighted by Gasteiger charge is -2.09. The van der Waals surface area contributed by atoms with Crippen LogP contribution < -0.4 is 15.5 Å². The normalized spacial score (nSPS) is 10.7. The van der Waals surface area contributed by atoms with Gasteiger partial charge >= 0.3 is 5.97 Å². The fraction of sp³-hybridized carbons (Fsp3) is 0. The zero-order valence-electron chi connectivity index (χ0n) is 20.3. The number of rotatable bonds is 8. The second-order valence-corrected chi connectivity index (χ2v) is 9.47. The van der Waals surface area contributed by atoms with Gasteiger partial charge in [-0.05, 0) is 72.8 Å². The average Bonchev–Trinajstić information content (AvgIpc) is 2.94. The Morgan fingerprint density at radius 2 is 1.57 bits per heavy atom. The number of nitrogens with one attached hydrogen (secondary N) is 2. The Balaban J connectivity index is 1.42. The molecule has 2 amide bonds. The zero-order chi connectivity index (χ0) is 28.6. The van der Waals surface area contributed by atoms with E-state index in [-0.39, 0.29) is 28.5 Å². The van der Waals surface area contributed by atoms with Gasteiger partial charge in [-0.15, -0.1) is 0 Å². The van der Waals surface area contributed by atoms with Crippen molar-refractivity contribution in [3.8, 4) is 5.75 Å². The van der Waals surface area contributed by atoms with Crippen LogP contribution in [0.25, 0.3) is 0 Å². The molecule has 0 heterocycles. The summed E-state index contributed by atoms with van der Waals surface area (Å²) < 4.78 is 6.11. The monoisotopic (exact) mass is 620 g/mol. The lowest BCUT2D eigenvalue weighted by Crippen LogP contribution is -2.18. The maximum atomic E-state index is 12.7.